The molecule has 0 aliphatic carbocycles. The predicted molar refractivity (Wildman–Crippen MR) is 108 cm³/mol. The van der Waals surface area contributed by atoms with Crippen molar-refractivity contribution < 1.29 is 4.79 Å². The molecular formula is C20H24N6OS. The van der Waals surface area contributed by atoms with Crippen LogP contribution in [-0.4, -0.2) is 43.4 Å². The summed E-state index contributed by atoms with van der Waals surface area (Å²) in [6, 6.07) is 3.90. The van der Waals surface area contributed by atoms with Crippen molar-refractivity contribution in [2.24, 2.45) is 5.92 Å². The number of amides is 1. The number of hydrogen-bond acceptors (Lipinski definition) is 6. The first-order valence-corrected chi connectivity index (χ1v) is 10.4. The van der Waals surface area contributed by atoms with Gasteiger partial charge in [0.1, 0.15) is 12.1 Å². The average Bonchev–Trinajstić information content (AvgIpc) is 3.39. The van der Waals surface area contributed by atoms with E-state index >= 15 is 0 Å². The van der Waals surface area contributed by atoms with E-state index in [1.54, 1.807) is 30.1 Å². The largest absolute Gasteiger partial charge is 0.352 e. The van der Waals surface area contributed by atoms with Crippen LogP contribution < -0.4 is 5.32 Å². The van der Waals surface area contributed by atoms with Gasteiger partial charge in [0.05, 0.1) is 10.7 Å². The third-order valence-electron chi connectivity index (χ3n) is 5.06. The molecule has 0 atom stereocenters. The molecule has 7 nitrogen and oxygen atoms in total. The fourth-order valence-corrected chi connectivity index (χ4v) is 4.11. The van der Waals surface area contributed by atoms with Crippen molar-refractivity contribution in [3.05, 3.63) is 58.7 Å². The van der Waals surface area contributed by atoms with E-state index in [4.69, 9.17) is 0 Å². The standard InChI is InChI=1S/C20H24N6OS/c1-15-24-18(13-28-15)12-25-7-3-17(4-8-25)20(27)23-11-16-2-5-22-19(10-16)26-9-6-21-14-26/h2,5-6,9-10,13-14,17H,3-4,7-8,11-12H2,1H3,(H,23,27). The van der Waals surface area contributed by atoms with Gasteiger partial charge >= 0.3 is 0 Å². The van der Waals surface area contributed by atoms with Crippen molar-refractivity contribution >= 4 is 17.2 Å². The third kappa shape index (κ3) is 4.63. The van der Waals surface area contributed by atoms with Gasteiger partial charge in [0.15, 0.2) is 0 Å². The lowest BCUT2D eigenvalue weighted by atomic mass is 9.95. The van der Waals surface area contributed by atoms with E-state index in [0.29, 0.717) is 6.54 Å². The number of likely N-dealkylation sites (tertiary alicyclic amines) is 1. The maximum Gasteiger partial charge on any atom is 0.223 e. The van der Waals surface area contributed by atoms with Crippen LogP contribution in [0, 0.1) is 12.8 Å². The number of imidazole rings is 1. The molecule has 3 aromatic rings. The zero-order valence-corrected chi connectivity index (χ0v) is 16.7. The molecule has 0 unspecified atom stereocenters. The minimum atomic E-state index is 0.0865. The van der Waals surface area contributed by atoms with Gasteiger partial charge in [-0.25, -0.2) is 15.0 Å². The highest BCUT2D eigenvalue weighted by molar-refractivity contribution is 7.09. The summed E-state index contributed by atoms with van der Waals surface area (Å²) in [5.41, 5.74) is 2.17. The Bertz CT molecular complexity index is 914. The minimum absolute atomic E-state index is 0.0865. The van der Waals surface area contributed by atoms with Crippen molar-refractivity contribution in [3.63, 3.8) is 0 Å². The van der Waals surface area contributed by atoms with E-state index in [1.165, 1.54) is 0 Å². The van der Waals surface area contributed by atoms with Crippen LogP contribution in [0.3, 0.4) is 0 Å². The molecule has 0 saturated carbocycles. The van der Waals surface area contributed by atoms with Crippen molar-refractivity contribution in [1.29, 1.82) is 0 Å². The lowest BCUT2D eigenvalue weighted by molar-refractivity contribution is -0.126. The van der Waals surface area contributed by atoms with Crippen molar-refractivity contribution in [3.8, 4) is 5.82 Å². The SMILES string of the molecule is Cc1nc(CN2CCC(C(=O)NCc3ccnc(-n4ccnc4)c3)CC2)cs1. The summed E-state index contributed by atoms with van der Waals surface area (Å²) >= 11 is 1.69. The van der Waals surface area contributed by atoms with E-state index in [-0.39, 0.29) is 11.8 Å². The number of thiazole rings is 1. The number of rotatable bonds is 6. The van der Waals surface area contributed by atoms with Gasteiger partial charge in [0, 0.05) is 43.0 Å². The van der Waals surface area contributed by atoms with E-state index in [9.17, 15) is 4.79 Å². The highest BCUT2D eigenvalue weighted by atomic mass is 32.1. The van der Waals surface area contributed by atoms with Crippen LogP contribution in [0.5, 0.6) is 0 Å². The number of pyridine rings is 1. The summed E-state index contributed by atoms with van der Waals surface area (Å²) < 4.78 is 1.85. The average molecular weight is 397 g/mol. The summed E-state index contributed by atoms with van der Waals surface area (Å²) in [7, 11) is 0. The van der Waals surface area contributed by atoms with Gasteiger partial charge in [-0.2, -0.15) is 0 Å². The Balaban J connectivity index is 1.25. The molecule has 1 amide bonds. The number of carbonyl (C=O) groups excluding carboxylic acids is 1. The molecule has 1 aliphatic rings. The molecule has 3 aromatic heterocycles. The van der Waals surface area contributed by atoms with Crippen molar-refractivity contribution in [2.75, 3.05) is 13.1 Å². The first-order chi connectivity index (χ1) is 13.7. The molecule has 1 fully saturated rings. The summed E-state index contributed by atoms with van der Waals surface area (Å²) in [5, 5.41) is 6.32. The minimum Gasteiger partial charge on any atom is -0.352 e. The number of nitrogens with zero attached hydrogens (tertiary/aromatic N) is 5. The molecule has 4 heterocycles. The first-order valence-electron chi connectivity index (χ1n) is 9.52. The molecule has 4 rings (SSSR count). The summed E-state index contributed by atoms with van der Waals surface area (Å²) in [6.45, 7) is 5.31. The van der Waals surface area contributed by atoms with Crippen LogP contribution in [0.25, 0.3) is 5.82 Å². The zero-order chi connectivity index (χ0) is 19.3. The van der Waals surface area contributed by atoms with Crippen LogP contribution in [0.2, 0.25) is 0 Å². The highest BCUT2D eigenvalue weighted by Crippen LogP contribution is 2.20. The predicted octanol–water partition coefficient (Wildman–Crippen LogP) is 2.56. The maximum absolute atomic E-state index is 12.6. The molecule has 0 spiro atoms. The van der Waals surface area contributed by atoms with Crippen LogP contribution in [-0.2, 0) is 17.9 Å². The Morgan fingerprint density at radius 3 is 2.89 bits per heavy atom. The zero-order valence-electron chi connectivity index (χ0n) is 15.9. The number of piperidine rings is 1. The molecule has 1 saturated heterocycles. The van der Waals surface area contributed by atoms with Gasteiger partial charge in [0.2, 0.25) is 5.91 Å². The maximum atomic E-state index is 12.6. The van der Waals surface area contributed by atoms with Crippen molar-refractivity contribution in [1.82, 2.24) is 29.7 Å². The van der Waals surface area contributed by atoms with E-state index in [2.05, 4.69) is 30.5 Å². The second-order valence-corrected chi connectivity index (χ2v) is 8.18. The Morgan fingerprint density at radius 2 is 2.18 bits per heavy atom. The second kappa shape index (κ2) is 8.62. The van der Waals surface area contributed by atoms with E-state index in [0.717, 1.165) is 54.6 Å². The summed E-state index contributed by atoms with van der Waals surface area (Å²) in [4.78, 5) is 27.9. The highest BCUT2D eigenvalue weighted by Gasteiger charge is 2.25. The van der Waals surface area contributed by atoms with Crippen molar-refractivity contribution in [2.45, 2.75) is 32.9 Å². The lowest BCUT2D eigenvalue weighted by Gasteiger charge is -2.30. The number of aryl methyl sites for hydroxylation is 1. The Hall–Kier alpha value is -2.58. The smallest absolute Gasteiger partial charge is 0.223 e. The topological polar surface area (TPSA) is 75.9 Å². The fraction of sp³-hybridized carbons (Fsp3) is 0.400. The van der Waals surface area contributed by atoms with Gasteiger partial charge < -0.3 is 5.32 Å². The lowest BCUT2D eigenvalue weighted by Crippen LogP contribution is -2.40. The van der Waals surface area contributed by atoms with Gasteiger partial charge in [-0.1, -0.05) is 0 Å². The molecule has 146 valence electrons. The molecule has 0 aromatic carbocycles. The normalized spacial score (nSPS) is 15.6. The first kappa shape index (κ1) is 18.8. The monoisotopic (exact) mass is 396 g/mol. The van der Waals surface area contributed by atoms with Crippen LogP contribution in [0.1, 0.15) is 29.1 Å². The van der Waals surface area contributed by atoms with Crippen LogP contribution in [0.4, 0.5) is 0 Å². The van der Waals surface area contributed by atoms with Gasteiger partial charge in [-0.3, -0.25) is 14.3 Å². The number of hydrogen-bond donors (Lipinski definition) is 1. The van der Waals surface area contributed by atoms with Gasteiger partial charge in [0.25, 0.3) is 0 Å². The molecule has 0 bridgehead atoms. The van der Waals surface area contributed by atoms with E-state index in [1.807, 2.05) is 29.8 Å². The molecule has 1 N–H and O–H groups in total. The molecule has 28 heavy (non-hydrogen) atoms. The molecule has 0 radical (unpaired) electrons. The second-order valence-electron chi connectivity index (χ2n) is 7.12. The molecule has 1 aliphatic heterocycles. The Morgan fingerprint density at radius 1 is 1.32 bits per heavy atom. The Kier molecular flexibility index (Phi) is 5.78. The fourth-order valence-electron chi connectivity index (χ4n) is 3.50. The molecule has 8 heteroatoms. The number of aromatic nitrogens is 4. The van der Waals surface area contributed by atoms with E-state index < -0.39 is 0 Å². The summed E-state index contributed by atoms with van der Waals surface area (Å²) in [6.07, 6.45) is 8.83. The number of carbonyl (C=O) groups is 1. The van der Waals surface area contributed by atoms with Crippen LogP contribution >= 0.6 is 11.3 Å². The molecular weight excluding hydrogens is 372 g/mol. The summed E-state index contributed by atoms with van der Waals surface area (Å²) in [5.74, 6) is 1.03. The van der Waals surface area contributed by atoms with Gasteiger partial charge in [-0.15, -0.1) is 11.3 Å². The third-order valence-corrected chi connectivity index (χ3v) is 5.88. The van der Waals surface area contributed by atoms with Gasteiger partial charge in [-0.05, 0) is 50.6 Å². The quantitative estimate of drug-likeness (QED) is 0.693. The number of nitrogens with one attached hydrogen (secondary N) is 1. The van der Waals surface area contributed by atoms with Crippen LogP contribution in [0.15, 0.2) is 42.4 Å². The Labute approximate surface area is 168 Å².